The van der Waals surface area contributed by atoms with Gasteiger partial charge in [-0.1, -0.05) is 18.6 Å². The molecule has 150 valence electrons. The summed E-state index contributed by atoms with van der Waals surface area (Å²) in [5.41, 5.74) is 4.37. The molecule has 30 heavy (non-hydrogen) atoms. The average Bonchev–Trinajstić information content (AvgIpc) is 3.37. The van der Waals surface area contributed by atoms with Crippen molar-refractivity contribution in [2.24, 2.45) is 0 Å². The number of fused-ring (bicyclic) bond motifs is 1. The molecule has 0 bridgehead atoms. The number of hydrogen-bond acceptors (Lipinski definition) is 8. The van der Waals surface area contributed by atoms with Crippen LogP contribution in [0.4, 0.5) is 5.69 Å². The fraction of sp³-hybridized carbons (Fsp3) is 0.300. The number of hydrogen-bond donors (Lipinski definition) is 1. The summed E-state index contributed by atoms with van der Waals surface area (Å²) in [4.78, 5) is 13.4. The first kappa shape index (κ1) is 18.2. The van der Waals surface area contributed by atoms with E-state index < -0.39 is 0 Å². The minimum atomic E-state index is 0.230. The van der Waals surface area contributed by atoms with Crippen LogP contribution in [0, 0.1) is 11.3 Å². The predicted molar refractivity (Wildman–Crippen MR) is 109 cm³/mol. The third-order valence-electron chi connectivity index (χ3n) is 4.92. The molecule has 0 unspecified atom stereocenters. The van der Waals surface area contributed by atoms with Gasteiger partial charge in [0.2, 0.25) is 0 Å². The minimum Gasteiger partial charge on any atom is -0.377 e. The van der Waals surface area contributed by atoms with Gasteiger partial charge in [0.1, 0.15) is 29.4 Å². The van der Waals surface area contributed by atoms with Crippen LogP contribution in [0.5, 0.6) is 0 Å². The highest BCUT2D eigenvalue weighted by molar-refractivity contribution is 5.74. The van der Waals surface area contributed by atoms with Crippen molar-refractivity contribution in [2.45, 2.75) is 25.8 Å². The van der Waals surface area contributed by atoms with E-state index in [0.717, 1.165) is 29.9 Å². The van der Waals surface area contributed by atoms with E-state index in [9.17, 15) is 0 Å². The second kappa shape index (κ2) is 7.53. The Morgan fingerprint density at radius 2 is 2.13 bits per heavy atom. The Morgan fingerprint density at radius 3 is 2.90 bits per heavy atom. The van der Waals surface area contributed by atoms with Crippen molar-refractivity contribution >= 4 is 16.9 Å². The molecule has 0 aliphatic carbocycles. The molecule has 5 heterocycles. The Labute approximate surface area is 172 Å². The van der Waals surface area contributed by atoms with Crippen molar-refractivity contribution in [1.82, 2.24) is 34.5 Å². The van der Waals surface area contributed by atoms with E-state index in [1.807, 2.05) is 12.3 Å². The highest BCUT2D eigenvalue weighted by Crippen LogP contribution is 2.25. The number of nitrogens with one attached hydrogen (secondary N) is 1. The molecule has 0 saturated carbocycles. The van der Waals surface area contributed by atoms with E-state index in [0.29, 0.717) is 35.8 Å². The summed E-state index contributed by atoms with van der Waals surface area (Å²) >= 11 is 0. The largest absolute Gasteiger partial charge is 0.377 e. The molecule has 10 nitrogen and oxygen atoms in total. The number of anilines is 1. The van der Waals surface area contributed by atoms with Crippen molar-refractivity contribution in [2.75, 3.05) is 18.5 Å². The van der Waals surface area contributed by atoms with Crippen LogP contribution in [0.25, 0.3) is 22.7 Å². The fourth-order valence-electron chi connectivity index (χ4n) is 3.32. The number of aryl methyl sites for hydroxylation is 1. The van der Waals surface area contributed by atoms with Gasteiger partial charge in [-0.05, 0) is 12.5 Å². The third kappa shape index (κ3) is 3.25. The second-order valence-corrected chi connectivity index (χ2v) is 7.14. The molecule has 1 aliphatic heterocycles. The van der Waals surface area contributed by atoms with Crippen molar-refractivity contribution < 1.29 is 4.74 Å². The van der Waals surface area contributed by atoms with E-state index in [2.05, 4.69) is 43.6 Å². The lowest BCUT2D eigenvalue weighted by Gasteiger charge is -2.28. The van der Waals surface area contributed by atoms with E-state index in [-0.39, 0.29) is 6.04 Å². The number of nitrogens with zero attached hydrogens (tertiary/aromatic N) is 8. The van der Waals surface area contributed by atoms with Gasteiger partial charge in [0.15, 0.2) is 5.65 Å². The number of ether oxygens (including phenoxy) is 1. The van der Waals surface area contributed by atoms with Gasteiger partial charge in [-0.15, -0.1) is 5.10 Å². The zero-order chi connectivity index (χ0) is 20.5. The monoisotopic (exact) mass is 401 g/mol. The van der Waals surface area contributed by atoms with E-state index in [4.69, 9.17) is 10.00 Å². The Kier molecular flexibility index (Phi) is 4.57. The standard InChI is InChI=1S/C20H19N9O/c1-2-3-14-9-29(27-26-14)18-8-22-19(5-16(18)25-15-10-30-11-15)28-12-24-17-4-13(6-21)7-23-20(17)28/h4-5,7-9,12,15H,2-3,10-11H2,1H3,(H,22,25). The maximum Gasteiger partial charge on any atom is 0.165 e. The van der Waals surface area contributed by atoms with Gasteiger partial charge in [0.05, 0.1) is 48.6 Å². The van der Waals surface area contributed by atoms with Gasteiger partial charge < -0.3 is 10.1 Å². The molecular formula is C20H19N9O. The van der Waals surface area contributed by atoms with E-state index in [1.165, 1.54) is 6.20 Å². The lowest BCUT2D eigenvalue weighted by atomic mass is 10.2. The number of imidazole rings is 1. The van der Waals surface area contributed by atoms with Crippen molar-refractivity contribution in [1.29, 1.82) is 5.26 Å². The molecule has 1 aliphatic rings. The second-order valence-electron chi connectivity index (χ2n) is 7.14. The van der Waals surface area contributed by atoms with Crippen LogP contribution in [-0.4, -0.2) is 53.8 Å². The lowest BCUT2D eigenvalue weighted by Crippen LogP contribution is -2.40. The van der Waals surface area contributed by atoms with Gasteiger partial charge in [-0.2, -0.15) is 5.26 Å². The summed E-state index contributed by atoms with van der Waals surface area (Å²) in [5.74, 6) is 0.662. The van der Waals surface area contributed by atoms with Gasteiger partial charge in [0, 0.05) is 12.3 Å². The molecule has 10 heteroatoms. The molecular weight excluding hydrogens is 382 g/mol. The van der Waals surface area contributed by atoms with Crippen molar-refractivity contribution in [3.8, 4) is 17.6 Å². The summed E-state index contributed by atoms with van der Waals surface area (Å²) in [6.07, 6.45) is 8.77. The van der Waals surface area contributed by atoms with Crippen LogP contribution >= 0.6 is 0 Å². The molecule has 0 amide bonds. The summed E-state index contributed by atoms with van der Waals surface area (Å²) in [6, 6.07) is 5.96. The van der Waals surface area contributed by atoms with Gasteiger partial charge in [-0.3, -0.25) is 4.57 Å². The number of nitriles is 1. The first-order valence-corrected chi connectivity index (χ1v) is 9.74. The highest BCUT2D eigenvalue weighted by Gasteiger charge is 2.21. The van der Waals surface area contributed by atoms with E-state index >= 15 is 0 Å². The molecule has 1 saturated heterocycles. The van der Waals surface area contributed by atoms with Gasteiger partial charge >= 0.3 is 0 Å². The highest BCUT2D eigenvalue weighted by atomic mass is 16.5. The molecule has 1 N–H and O–H groups in total. The molecule has 1 fully saturated rings. The summed E-state index contributed by atoms with van der Waals surface area (Å²) in [7, 11) is 0. The van der Waals surface area contributed by atoms with E-state index in [1.54, 1.807) is 27.8 Å². The van der Waals surface area contributed by atoms with Crippen LogP contribution in [0.3, 0.4) is 0 Å². The zero-order valence-electron chi connectivity index (χ0n) is 16.4. The molecule has 4 aromatic rings. The SMILES string of the molecule is CCCc1cn(-c2cnc(-n3cnc4cc(C#N)cnc43)cc2NC2COC2)nn1. The molecule has 5 rings (SSSR count). The average molecular weight is 401 g/mol. The summed E-state index contributed by atoms with van der Waals surface area (Å²) < 4.78 is 8.85. The first-order valence-electron chi connectivity index (χ1n) is 9.74. The Balaban J connectivity index is 1.57. The zero-order valence-corrected chi connectivity index (χ0v) is 16.4. The molecule has 0 radical (unpaired) electrons. The summed E-state index contributed by atoms with van der Waals surface area (Å²) in [5, 5.41) is 21.1. The third-order valence-corrected chi connectivity index (χ3v) is 4.92. The quantitative estimate of drug-likeness (QED) is 0.521. The van der Waals surface area contributed by atoms with Gasteiger partial charge in [0.25, 0.3) is 0 Å². The van der Waals surface area contributed by atoms with Crippen LogP contribution in [0.2, 0.25) is 0 Å². The Bertz CT molecular complexity index is 1250. The number of rotatable bonds is 6. The van der Waals surface area contributed by atoms with Crippen LogP contribution in [-0.2, 0) is 11.2 Å². The number of pyridine rings is 2. The fourth-order valence-corrected chi connectivity index (χ4v) is 3.32. The molecule has 0 spiro atoms. The molecule has 4 aromatic heterocycles. The predicted octanol–water partition coefficient (Wildman–Crippen LogP) is 2.03. The van der Waals surface area contributed by atoms with Crippen molar-refractivity contribution in [3.05, 3.63) is 48.3 Å². The summed E-state index contributed by atoms with van der Waals surface area (Å²) in [6.45, 7) is 3.42. The number of aromatic nitrogens is 7. The normalized spacial score (nSPS) is 13.9. The minimum absolute atomic E-state index is 0.230. The van der Waals surface area contributed by atoms with Crippen LogP contribution < -0.4 is 5.32 Å². The van der Waals surface area contributed by atoms with Gasteiger partial charge in [-0.25, -0.2) is 19.6 Å². The first-order chi connectivity index (χ1) is 14.7. The molecule has 0 atom stereocenters. The maximum atomic E-state index is 9.08. The Hall–Kier alpha value is -3.84. The molecule has 0 aromatic carbocycles. The maximum absolute atomic E-state index is 9.08. The lowest BCUT2D eigenvalue weighted by molar-refractivity contribution is 0.0211. The smallest absolute Gasteiger partial charge is 0.165 e. The van der Waals surface area contributed by atoms with Crippen molar-refractivity contribution in [3.63, 3.8) is 0 Å². The Morgan fingerprint density at radius 1 is 1.23 bits per heavy atom. The van der Waals surface area contributed by atoms with Crippen LogP contribution in [0.1, 0.15) is 24.6 Å². The topological polar surface area (TPSA) is 119 Å². The van der Waals surface area contributed by atoms with Crippen LogP contribution in [0.15, 0.2) is 37.1 Å².